The quantitative estimate of drug-likeness (QED) is 0.192. The van der Waals surface area contributed by atoms with Gasteiger partial charge in [-0.1, -0.05) is 43.3 Å². The molecule has 9 heteroatoms. The van der Waals surface area contributed by atoms with Crippen molar-refractivity contribution in [2.45, 2.75) is 65.5 Å². The van der Waals surface area contributed by atoms with E-state index in [9.17, 15) is 19.5 Å². The molecule has 1 unspecified atom stereocenters. The summed E-state index contributed by atoms with van der Waals surface area (Å²) in [6, 6.07) is 18.3. The Kier molecular flexibility index (Phi) is 9.97. The Bertz CT molecular complexity index is 1690. The number of amides is 2. The Labute approximate surface area is 263 Å². The van der Waals surface area contributed by atoms with Crippen LogP contribution in [0.2, 0.25) is 0 Å². The van der Waals surface area contributed by atoms with Crippen LogP contribution in [-0.2, 0) is 22.6 Å². The number of aryl methyl sites for hydroxylation is 1. The van der Waals surface area contributed by atoms with Crippen LogP contribution < -0.4 is 15.0 Å². The van der Waals surface area contributed by atoms with Gasteiger partial charge >= 0.3 is 5.97 Å². The monoisotopic (exact) mass is 608 g/mol. The van der Waals surface area contributed by atoms with Crippen LogP contribution in [0.5, 0.6) is 5.75 Å². The molecule has 1 atom stereocenters. The number of aromatic nitrogens is 2. The smallest absolute Gasteiger partial charge is 0.326 e. The van der Waals surface area contributed by atoms with Crippen molar-refractivity contribution >= 4 is 23.5 Å². The van der Waals surface area contributed by atoms with Gasteiger partial charge in [-0.2, -0.15) is 5.10 Å². The number of aliphatic carboxylic acids is 1. The van der Waals surface area contributed by atoms with Gasteiger partial charge in [0.25, 0.3) is 5.91 Å². The summed E-state index contributed by atoms with van der Waals surface area (Å²) in [6.07, 6.45) is 6.93. The van der Waals surface area contributed by atoms with Gasteiger partial charge in [-0.05, 0) is 91.6 Å². The number of hydrogen-bond acceptors (Lipinski definition) is 5. The van der Waals surface area contributed by atoms with Crippen LogP contribution >= 0.6 is 0 Å². The maximum atomic E-state index is 13.3. The van der Waals surface area contributed by atoms with E-state index in [1.54, 1.807) is 25.1 Å². The van der Waals surface area contributed by atoms with Gasteiger partial charge in [0.1, 0.15) is 11.8 Å². The van der Waals surface area contributed by atoms with Crippen molar-refractivity contribution in [2.75, 3.05) is 18.1 Å². The minimum atomic E-state index is -1.06. The molecule has 1 aliphatic heterocycles. The van der Waals surface area contributed by atoms with Gasteiger partial charge in [0.05, 0.1) is 19.3 Å². The zero-order valence-electron chi connectivity index (χ0n) is 26.1. The first kappa shape index (κ1) is 31.5. The molecule has 3 aromatic carbocycles. The highest BCUT2D eigenvalue weighted by molar-refractivity contribution is 5.97. The van der Waals surface area contributed by atoms with Crippen LogP contribution in [0.4, 0.5) is 5.69 Å². The van der Waals surface area contributed by atoms with E-state index in [2.05, 4.69) is 29.5 Å². The highest BCUT2D eigenvalue weighted by atomic mass is 16.5. The highest BCUT2D eigenvalue weighted by Gasteiger charge is 2.25. The van der Waals surface area contributed by atoms with E-state index in [0.29, 0.717) is 44.5 Å². The lowest BCUT2D eigenvalue weighted by Gasteiger charge is -2.31. The Morgan fingerprint density at radius 1 is 1.07 bits per heavy atom. The number of ether oxygens (including phenoxy) is 1. The zero-order valence-corrected chi connectivity index (χ0v) is 26.1. The molecular formula is C36H40N4O5. The summed E-state index contributed by atoms with van der Waals surface area (Å²) >= 11 is 0. The Morgan fingerprint density at radius 3 is 2.67 bits per heavy atom. The van der Waals surface area contributed by atoms with E-state index in [4.69, 9.17) is 4.74 Å². The van der Waals surface area contributed by atoms with E-state index in [-0.39, 0.29) is 5.91 Å². The molecule has 2 N–H and O–H groups in total. The summed E-state index contributed by atoms with van der Waals surface area (Å²) in [6.45, 7) is 7.46. The minimum absolute atomic E-state index is 0.103. The Hall–Kier alpha value is -4.92. The molecule has 0 saturated carbocycles. The molecule has 0 radical (unpaired) electrons. The summed E-state index contributed by atoms with van der Waals surface area (Å²) in [4.78, 5) is 39.2. The third-order valence-electron chi connectivity index (χ3n) is 8.39. The van der Waals surface area contributed by atoms with Crippen LogP contribution in [0, 0.1) is 13.8 Å². The van der Waals surface area contributed by atoms with Gasteiger partial charge in [-0.25, -0.2) is 4.79 Å². The molecule has 2 amide bonds. The van der Waals surface area contributed by atoms with E-state index in [1.165, 1.54) is 5.56 Å². The standard InChI is InChI=1S/C36H40N4O5/c1-4-31(36(43)44)38-35(42)27-12-6-11-26(20-27)22-39-23-28(21-37-39)29-13-7-15-32-30(29)14-8-18-40(32)34(41)17-9-19-45-33-16-5-10-24(2)25(33)3/h5-7,10-13,15-16,20-21,23,31H,4,8-9,14,17-19,22H2,1-3H3,(H,38,42)(H,43,44). The number of fused-ring (bicyclic) bond motifs is 1. The fourth-order valence-corrected chi connectivity index (χ4v) is 5.74. The van der Waals surface area contributed by atoms with E-state index >= 15 is 0 Å². The lowest BCUT2D eigenvalue weighted by molar-refractivity contribution is -0.139. The molecule has 1 aromatic heterocycles. The molecule has 234 valence electrons. The van der Waals surface area contributed by atoms with Crippen molar-refractivity contribution in [2.24, 2.45) is 0 Å². The third-order valence-corrected chi connectivity index (χ3v) is 8.39. The van der Waals surface area contributed by atoms with Gasteiger partial charge in [0.2, 0.25) is 5.91 Å². The lowest BCUT2D eigenvalue weighted by Crippen LogP contribution is -2.40. The van der Waals surface area contributed by atoms with E-state index in [1.807, 2.05) is 59.2 Å². The second-order valence-corrected chi connectivity index (χ2v) is 11.5. The predicted molar refractivity (Wildman–Crippen MR) is 174 cm³/mol. The van der Waals surface area contributed by atoms with Crippen molar-refractivity contribution in [1.29, 1.82) is 0 Å². The number of carbonyl (C=O) groups is 3. The van der Waals surface area contributed by atoms with Crippen LogP contribution in [-0.4, -0.2) is 51.9 Å². The highest BCUT2D eigenvalue weighted by Crippen LogP contribution is 2.36. The minimum Gasteiger partial charge on any atom is -0.493 e. The van der Waals surface area contributed by atoms with E-state index in [0.717, 1.165) is 52.1 Å². The zero-order chi connectivity index (χ0) is 31.9. The molecule has 5 rings (SSSR count). The second kappa shape index (κ2) is 14.2. The number of carbonyl (C=O) groups excluding carboxylic acids is 2. The Morgan fingerprint density at radius 2 is 1.87 bits per heavy atom. The van der Waals surface area contributed by atoms with Crippen molar-refractivity contribution in [3.8, 4) is 16.9 Å². The number of nitrogens with zero attached hydrogens (tertiary/aromatic N) is 3. The molecule has 0 aliphatic carbocycles. The van der Waals surface area contributed by atoms with Crippen LogP contribution in [0.1, 0.15) is 65.2 Å². The first-order valence-electron chi connectivity index (χ1n) is 15.5. The summed E-state index contributed by atoms with van der Waals surface area (Å²) < 4.78 is 7.79. The molecule has 0 spiro atoms. The molecule has 1 aliphatic rings. The van der Waals surface area contributed by atoms with Gasteiger partial charge in [0, 0.05) is 36.0 Å². The number of nitrogens with one attached hydrogen (secondary N) is 1. The van der Waals surface area contributed by atoms with Gasteiger partial charge in [0.15, 0.2) is 0 Å². The largest absolute Gasteiger partial charge is 0.493 e. The summed E-state index contributed by atoms with van der Waals surface area (Å²) in [5.41, 5.74) is 7.71. The average Bonchev–Trinajstić information content (AvgIpc) is 3.51. The first-order chi connectivity index (χ1) is 21.7. The average molecular weight is 609 g/mol. The molecule has 0 fully saturated rings. The van der Waals surface area contributed by atoms with Gasteiger partial charge in [-0.3, -0.25) is 14.3 Å². The number of hydrogen-bond donors (Lipinski definition) is 2. The van der Waals surface area contributed by atoms with Crippen molar-refractivity contribution in [1.82, 2.24) is 15.1 Å². The summed E-state index contributed by atoms with van der Waals surface area (Å²) in [5.74, 6) is -0.503. The normalized spacial score (nSPS) is 13.2. The first-order valence-corrected chi connectivity index (χ1v) is 15.5. The topological polar surface area (TPSA) is 114 Å². The summed E-state index contributed by atoms with van der Waals surface area (Å²) in [7, 11) is 0. The predicted octanol–water partition coefficient (Wildman–Crippen LogP) is 5.95. The summed E-state index contributed by atoms with van der Waals surface area (Å²) in [5, 5.41) is 16.4. The van der Waals surface area contributed by atoms with Crippen LogP contribution in [0.3, 0.4) is 0 Å². The van der Waals surface area contributed by atoms with Crippen LogP contribution in [0.15, 0.2) is 73.1 Å². The molecular weight excluding hydrogens is 568 g/mol. The fraction of sp³-hybridized carbons (Fsp3) is 0.333. The van der Waals surface area contributed by atoms with Crippen molar-refractivity contribution < 1.29 is 24.2 Å². The molecule has 2 heterocycles. The molecule has 9 nitrogen and oxygen atoms in total. The fourth-order valence-electron chi connectivity index (χ4n) is 5.74. The molecule has 0 bridgehead atoms. The van der Waals surface area contributed by atoms with Gasteiger partial charge in [-0.15, -0.1) is 0 Å². The third kappa shape index (κ3) is 7.42. The van der Waals surface area contributed by atoms with Crippen molar-refractivity contribution in [3.05, 3.63) is 101 Å². The number of carboxylic acids is 1. The number of anilines is 1. The maximum Gasteiger partial charge on any atom is 0.326 e. The number of carboxylic acid groups (broad SMARTS) is 1. The maximum absolute atomic E-state index is 13.3. The number of rotatable bonds is 12. The van der Waals surface area contributed by atoms with Crippen molar-refractivity contribution in [3.63, 3.8) is 0 Å². The van der Waals surface area contributed by atoms with Crippen LogP contribution in [0.25, 0.3) is 11.1 Å². The molecule has 4 aromatic rings. The SMILES string of the molecule is CCC(NC(=O)c1cccc(Cn2cc(-c3cccc4c3CCCN4C(=O)CCCOc3cccc(C)c3C)cn2)c1)C(=O)O. The van der Waals surface area contributed by atoms with E-state index < -0.39 is 17.9 Å². The molecule has 45 heavy (non-hydrogen) atoms. The molecule has 0 saturated heterocycles. The lowest BCUT2D eigenvalue weighted by atomic mass is 9.93. The van der Waals surface area contributed by atoms with Gasteiger partial charge < -0.3 is 20.1 Å². The second-order valence-electron chi connectivity index (χ2n) is 11.5. The number of benzene rings is 3. The Balaban J connectivity index is 1.24.